The molecule has 0 atom stereocenters. The Kier molecular flexibility index (Phi) is 6.17. The van der Waals surface area contributed by atoms with Crippen LogP contribution in [-0.4, -0.2) is 0 Å². The number of hydrogen-bond acceptors (Lipinski definition) is 2. The standard InChI is InChI=1S/C44H29NO/c1-2-11-34-29-37(28-19-30(34)9-1)45(35-24-20-32(21-25-35)39-15-7-12-31-10-3-4-13-38(31)39)36-26-22-33(23-27-36)40-16-8-18-43-44(40)41-14-5-6-17-42(41)46-43/h1-29H. The van der Waals surface area contributed by atoms with Gasteiger partial charge in [0.1, 0.15) is 11.2 Å². The number of rotatable bonds is 5. The summed E-state index contributed by atoms with van der Waals surface area (Å²) in [5.41, 5.74) is 9.92. The number of anilines is 3. The van der Waals surface area contributed by atoms with Gasteiger partial charge in [-0.25, -0.2) is 0 Å². The minimum absolute atomic E-state index is 0.909. The highest BCUT2D eigenvalue weighted by Gasteiger charge is 2.16. The Morgan fingerprint density at radius 1 is 0.348 bits per heavy atom. The minimum atomic E-state index is 0.909. The molecular weight excluding hydrogens is 558 g/mol. The second kappa shape index (κ2) is 10.8. The summed E-state index contributed by atoms with van der Waals surface area (Å²) < 4.78 is 6.18. The van der Waals surface area contributed by atoms with E-state index in [1.807, 2.05) is 12.1 Å². The van der Waals surface area contributed by atoms with Crippen molar-refractivity contribution in [3.05, 3.63) is 176 Å². The van der Waals surface area contributed by atoms with Crippen molar-refractivity contribution in [3.63, 3.8) is 0 Å². The first-order valence-electron chi connectivity index (χ1n) is 15.7. The normalized spacial score (nSPS) is 11.5. The number of hydrogen-bond donors (Lipinski definition) is 0. The van der Waals surface area contributed by atoms with Crippen LogP contribution in [0.25, 0.3) is 65.7 Å². The van der Waals surface area contributed by atoms with E-state index in [0.717, 1.165) is 44.6 Å². The molecule has 0 aliphatic heterocycles. The zero-order valence-corrected chi connectivity index (χ0v) is 25.1. The summed E-state index contributed by atoms with van der Waals surface area (Å²) >= 11 is 0. The van der Waals surface area contributed by atoms with E-state index in [9.17, 15) is 0 Å². The van der Waals surface area contributed by atoms with E-state index in [2.05, 4.69) is 169 Å². The highest BCUT2D eigenvalue weighted by atomic mass is 16.3. The Hall–Kier alpha value is -6.12. The summed E-state index contributed by atoms with van der Waals surface area (Å²) in [6.07, 6.45) is 0. The van der Waals surface area contributed by atoms with Gasteiger partial charge in [-0.05, 0) is 92.3 Å². The summed E-state index contributed by atoms with van der Waals surface area (Å²) in [6, 6.07) is 62.8. The van der Waals surface area contributed by atoms with Crippen molar-refractivity contribution in [1.29, 1.82) is 0 Å². The lowest BCUT2D eigenvalue weighted by atomic mass is 9.97. The van der Waals surface area contributed by atoms with Gasteiger partial charge in [0.15, 0.2) is 0 Å². The molecule has 0 aliphatic rings. The van der Waals surface area contributed by atoms with Gasteiger partial charge in [-0.1, -0.05) is 127 Å². The van der Waals surface area contributed by atoms with Crippen molar-refractivity contribution in [1.82, 2.24) is 0 Å². The maximum Gasteiger partial charge on any atom is 0.136 e. The van der Waals surface area contributed by atoms with Crippen molar-refractivity contribution >= 4 is 60.5 Å². The monoisotopic (exact) mass is 587 g/mol. The lowest BCUT2D eigenvalue weighted by Crippen LogP contribution is -2.09. The van der Waals surface area contributed by atoms with Crippen LogP contribution in [0.2, 0.25) is 0 Å². The molecule has 8 aromatic carbocycles. The topological polar surface area (TPSA) is 16.4 Å². The second-order valence-electron chi connectivity index (χ2n) is 11.8. The van der Waals surface area contributed by atoms with Gasteiger partial charge in [0.25, 0.3) is 0 Å². The third kappa shape index (κ3) is 4.43. The Labute approximate surface area is 267 Å². The smallest absolute Gasteiger partial charge is 0.136 e. The number of benzene rings is 8. The summed E-state index contributed by atoms with van der Waals surface area (Å²) in [7, 11) is 0. The van der Waals surface area contributed by atoms with Gasteiger partial charge in [-0.3, -0.25) is 0 Å². The van der Waals surface area contributed by atoms with Gasteiger partial charge in [0.05, 0.1) is 0 Å². The van der Waals surface area contributed by atoms with Crippen molar-refractivity contribution in [2.75, 3.05) is 4.90 Å². The maximum absolute atomic E-state index is 6.18. The predicted octanol–water partition coefficient (Wildman–Crippen LogP) is 12.7. The van der Waals surface area contributed by atoms with E-state index in [-0.39, 0.29) is 0 Å². The SMILES string of the molecule is c1ccc2cc(N(c3ccc(-c4cccc5ccccc45)cc3)c3ccc(-c4cccc5oc6ccccc6c45)cc3)ccc2c1. The fourth-order valence-corrected chi connectivity index (χ4v) is 6.84. The summed E-state index contributed by atoms with van der Waals surface area (Å²) in [5, 5.41) is 7.25. The summed E-state index contributed by atoms with van der Waals surface area (Å²) in [6.45, 7) is 0. The third-order valence-corrected chi connectivity index (χ3v) is 9.06. The van der Waals surface area contributed by atoms with Gasteiger partial charge >= 0.3 is 0 Å². The number of para-hydroxylation sites is 1. The first-order valence-corrected chi connectivity index (χ1v) is 15.7. The fourth-order valence-electron chi connectivity index (χ4n) is 6.84. The molecule has 0 bridgehead atoms. The highest BCUT2D eigenvalue weighted by Crippen LogP contribution is 2.41. The molecule has 0 saturated carbocycles. The van der Waals surface area contributed by atoms with Crippen molar-refractivity contribution in [3.8, 4) is 22.3 Å². The third-order valence-electron chi connectivity index (χ3n) is 9.06. The van der Waals surface area contributed by atoms with Crippen molar-refractivity contribution < 1.29 is 4.42 Å². The molecule has 0 spiro atoms. The maximum atomic E-state index is 6.18. The van der Waals surface area contributed by atoms with Crippen LogP contribution in [0.5, 0.6) is 0 Å². The molecule has 0 radical (unpaired) electrons. The summed E-state index contributed by atoms with van der Waals surface area (Å²) in [4.78, 5) is 2.34. The Morgan fingerprint density at radius 2 is 0.891 bits per heavy atom. The highest BCUT2D eigenvalue weighted by molar-refractivity contribution is 6.12. The zero-order valence-electron chi connectivity index (χ0n) is 25.1. The second-order valence-corrected chi connectivity index (χ2v) is 11.8. The molecule has 46 heavy (non-hydrogen) atoms. The van der Waals surface area contributed by atoms with E-state index in [4.69, 9.17) is 4.42 Å². The molecule has 0 aliphatic carbocycles. The number of nitrogens with zero attached hydrogens (tertiary/aromatic N) is 1. The zero-order chi connectivity index (χ0) is 30.5. The van der Waals surface area contributed by atoms with Crippen molar-refractivity contribution in [2.24, 2.45) is 0 Å². The molecule has 216 valence electrons. The van der Waals surface area contributed by atoms with Crippen LogP contribution < -0.4 is 4.90 Å². The molecular formula is C44H29NO. The molecule has 0 saturated heterocycles. The van der Waals surface area contributed by atoms with Gasteiger partial charge in [0.2, 0.25) is 0 Å². The minimum Gasteiger partial charge on any atom is -0.456 e. The number of fused-ring (bicyclic) bond motifs is 5. The molecule has 0 amide bonds. The van der Waals surface area contributed by atoms with Crippen LogP contribution in [0.1, 0.15) is 0 Å². The molecule has 1 heterocycles. The quantitative estimate of drug-likeness (QED) is 0.199. The van der Waals surface area contributed by atoms with Crippen molar-refractivity contribution in [2.45, 2.75) is 0 Å². The molecule has 2 nitrogen and oxygen atoms in total. The van der Waals surface area contributed by atoms with E-state index < -0.39 is 0 Å². The molecule has 0 N–H and O–H groups in total. The number of furan rings is 1. The van der Waals surface area contributed by atoms with E-state index >= 15 is 0 Å². The van der Waals surface area contributed by atoms with Crippen LogP contribution in [0.15, 0.2) is 180 Å². The largest absolute Gasteiger partial charge is 0.456 e. The molecule has 2 heteroatoms. The lowest BCUT2D eigenvalue weighted by molar-refractivity contribution is 0.669. The van der Waals surface area contributed by atoms with E-state index in [0.29, 0.717) is 0 Å². The van der Waals surface area contributed by atoms with Crippen LogP contribution in [0.3, 0.4) is 0 Å². The van der Waals surface area contributed by atoms with Gasteiger partial charge in [-0.15, -0.1) is 0 Å². The van der Waals surface area contributed by atoms with Crippen LogP contribution in [0.4, 0.5) is 17.1 Å². The average molecular weight is 588 g/mol. The van der Waals surface area contributed by atoms with Crippen LogP contribution >= 0.6 is 0 Å². The molecule has 1 aromatic heterocycles. The Balaban J connectivity index is 1.16. The first kappa shape index (κ1) is 26.3. The molecule has 9 aromatic rings. The van der Waals surface area contributed by atoms with E-state index in [1.54, 1.807) is 0 Å². The Bertz CT molecular complexity index is 2520. The fraction of sp³-hybridized carbons (Fsp3) is 0. The molecule has 0 unspecified atom stereocenters. The Morgan fingerprint density at radius 3 is 1.67 bits per heavy atom. The van der Waals surface area contributed by atoms with Gasteiger partial charge in [0, 0.05) is 27.8 Å². The first-order chi connectivity index (χ1) is 22.8. The van der Waals surface area contributed by atoms with Gasteiger partial charge < -0.3 is 9.32 Å². The van der Waals surface area contributed by atoms with E-state index in [1.165, 1.54) is 38.2 Å². The predicted molar refractivity (Wildman–Crippen MR) is 194 cm³/mol. The lowest BCUT2D eigenvalue weighted by Gasteiger charge is -2.26. The average Bonchev–Trinajstić information content (AvgIpc) is 3.51. The van der Waals surface area contributed by atoms with Crippen LogP contribution in [0, 0.1) is 0 Å². The van der Waals surface area contributed by atoms with Gasteiger partial charge in [-0.2, -0.15) is 0 Å². The van der Waals surface area contributed by atoms with Crippen LogP contribution in [-0.2, 0) is 0 Å². The molecule has 9 rings (SSSR count). The summed E-state index contributed by atoms with van der Waals surface area (Å²) in [5.74, 6) is 0. The molecule has 0 fully saturated rings.